The lowest BCUT2D eigenvalue weighted by molar-refractivity contribution is 1.36. The minimum absolute atomic E-state index is 0.906. The molecule has 0 fully saturated rings. The Bertz CT molecular complexity index is 506. The second-order valence-corrected chi connectivity index (χ2v) is 6.11. The highest BCUT2D eigenvalue weighted by Gasteiger charge is 2.02. The summed E-state index contributed by atoms with van der Waals surface area (Å²) in [6, 6.07) is 18.8. The summed E-state index contributed by atoms with van der Waals surface area (Å²) >= 11 is 10.6. The van der Waals surface area contributed by atoms with E-state index in [0.29, 0.717) is 0 Å². The van der Waals surface area contributed by atoms with E-state index < -0.39 is 0 Å². The fourth-order valence-electron chi connectivity index (χ4n) is 1.53. The zero-order chi connectivity index (χ0) is 12.8. The lowest BCUT2D eigenvalue weighted by Crippen LogP contribution is -1.92. The molecule has 0 bridgehead atoms. The van der Waals surface area contributed by atoms with Crippen LogP contribution < -0.4 is 0 Å². The highest BCUT2D eigenvalue weighted by molar-refractivity contribution is 9.08. The predicted molar refractivity (Wildman–Crippen MR) is 88.5 cm³/mol. The molecular formula is C15H13BrS2. The van der Waals surface area contributed by atoms with Crippen LogP contribution in [0, 0.1) is 0 Å². The van der Waals surface area contributed by atoms with Crippen molar-refractivity contribution >= 4 is 44.1 Å². The van der Waals surface area contributed by atoms with Gasteiger partial charge < -0.3 is 0 Å². The summed E-state index contributed by atoms with van der Waals surface area (Å²) in [6.45, 7) is 0. The number of hydrogen-bond acceptors (Lipinski definition) is 2. The lowest BCUT2D eigenvalue weighted by atomic mass is 10.2. The van der Waals surface area contributed by atoms with Crippen molar-refractivity contribution in [2.24, 2.45) is 0 Å². The molecule has 0 saturated heterocycles. The summed E-state index contributed by atoms with van der Waals surface area (Å²) in [4.78, 5) is 0. The van der Waals surface area contributed by atoms with Gasteiger partial charge >= 0.3 is 0 Å². The molecule has 0 aliphatic rings. The van der Waals surface area contributed by atoms with Crippen molar-refractivity contribution in [1.29, 1.82) is 0 Å². The van der Waals surface area contributed by atoms with E-state index in [4.69, 9.17) is 12.2 Å². The van der Waals surface area contributed by atoms with E-state index in [-0.39, 0.29) is 0 Å². The van der Waals surface area contributed by atoms with Gasteiger partial charge in [0.25, 0.3) is 0 Å². The molecule has 2 aromatic carbocycles. The van der Waals surface area contributed by atoms with Gasteiger partial charge in [0.15, 0.2) is 0 Å². The zero-order valence-electron chi connectivity index (χ0n) is 9.80. The van der Waals surface area contributed by atoms with E-state index in [0.717, 1.165) is 20.8 Å². The van der Waals surface area contributed by atoms with Gasteiger partial charge in [-0.2, -0.15) is 0 Å². The fraction of sp³-hybridized carbons (Fsp3) is 0.133. The molecule has 2 rings (SSSR count). The van der Waals surface area contributed by atoms with Crippen molar-refractivity contribution in [2.75, 3.05) is 0 Å². The standard InChI is InChI=1S/C15H13BrS2/c16-10-12-6-8-13(9-7-12)11-18-15(17)14-4-2-1-3-5-14/h1-9H,10-11H2. The number of hydrogen-bond donors (Lipinski definition) is 0. The van der Waals surface area contributed by atoms with Gasteiger partial charge in [-0.25, -0.2) is 0 Å². The van der Waals surface area contributed by atoms with E-state index >= 15 is 0 Å². The Labute approximate surface area is 126 Å². The van der Waals surface area contributed by atoms with Crippen molar-refractivity contribution in [3.8, 4) is 0 Å². The molecule has 0 nitrogen and oxygen atoms in total. The highest BCUT2D eigenvalue weighted by Crippen LogP contribution is 2.19. The Morgan fingerprint density at radius 1 is 0.944 bits per heavy atom. The van der Waals surface area contributed by atoms with Crippen LogP contribution in [-0.4, -0.2) is 4.20 Å². The number of rotatable bonds is 4. The first-order chi connectivity index (χ1) is 8.79. The molecule has 92 valence electrons. The van der Waals surface area contributed by atoms with Gasteiger partial charge in [0, 0.05) is 11.1 Å². The average Bonchev–Trinajstić information content (AvgIpc) is 2.46. The maximum Gasteiger partial charge on any atom is 0.0781 e. The third-order valence-corrected chi connectivity index (χ3v) is 4.77. The van der Waals surface area contributed by atoms with E-state index in [1.54, 1.807) is 11.8 Å². The van der Waals surface area contributed by atoms with Crippen LogP contribution in [0.3, 0.4) is 0 Å². The minimum Gasteiger partial charge on any atom is -0.109 e. The molecule has 18 heavy (non-hydrogen) atoms. The number of alkyl halides is 1. The molecule has 0 aliphatic heterocycles. The van der Waals surface area contributed by atoms with Crippen LogP contribution in [0.5, 0.6) is 0 Å². The molecule has 0 spiro atoms. The monoisotopic (exact) mass is 336 g/mol. The van der Waals surface area contributed by atoms with Gasteiger partial charge in [0.1, 0.15) is 0 Å². The first-order valence-electron chi connectivity index (χ1n) is 5.65. The molecule has 0 radical (unpaired) electrons. The second-order valence-electron chi connectivity index (χ2n) is 3.89. The maximum atomic E-state index is 5.42. The first kappa shape index (κ1) is 13.8. The molecule has 0 aromatic heterocycles. The van der Waals surface area contributed by atoms with Crippen LogP contribution in [0.15, 0.2) is 54.6 Å². The third-order valence-electron chi connectivity index (χ3n) is 2.56. The number of thiocarbonyl (C=S) groups is 1. The van der Waals surface area contributed by atoms with Gasteiger partial charge in [0.2, 0.25) is 0 Å². The molecule has 0 saturated carbocycles. The SMILES string of the molecule is S=C(SCc1ccc(CBr)cc1)c1ccccc1. The number of thioether (sulfide) groups is 1. The summed E-state index contributed by atoms with van der Waals surface area (Å²) in [5.41, 5.74) is 3.74. The smallest absolute Gasteiger partial charge is 0.0781 e. The Morgan fingerprint density at radius 2 is 1.56 bits per heavy atom. The van der Waals surface area contributed by atoms with Gasteiger partial charge in [0.05, 0.1) is 4.20 Å². The molecule has 3 heteroatoms. The van der Waals surface area contributed by atoms with E-state index in [1.807, 2.05) is 18.2 Å². The molecule has 0 unspecified atom stereocenters. The molecule has 0 atom stereocenters. The van der Waals surface area contributed by atoms with Crippen LogP contribution >= 0.6 is 39.9 Å². The van der Waals surface area contributed by atoms with Crippen LogP contribution in [0.2, 0.25) is 0 Å². The summed E-state index contributed by atoms with van der Waals surface area (Å²) in [5, 5.41) is 0.906. The Morgan fingerprint density at radius 3 is 2.17 bits per heavy atom. The summed E-state index contributed by atoms with van der Waals surface area (Å²) in [5.74, 6) is 0.927. The molecule has 0 heterocycles. The van der Waals surface area contributed by atoms with Gasteiger partial charge in [-0.1, -0.05) is 82.7 Å². The maximum absolute atomic E-state index is 5.42. The summed E-state index contributed by atoms with van der Waals surface area (Å²) in [7, 11) is 0. The lowest BCUT2D eigenvalue weighted by Gasteiger charge is -2.04. The van der Waals surface area contributed by atoms with Gasteiger partial charge in [-0.05, 0) is 16.7 Å². The van der Waals surface area contributed by atoms with E-state index in [1.165, 1.54) is 11.1 Å². The van der Waals surface area contributed by atoms with Crippen molar-refractivity contribution in [3.63, 3.8) is 0 Å². The molecule has 0 aliphatic carbocycles. The van der Waals surface area contributed by atoms with Gasteiger partial charge in [-0.3, -0.25) is 0 Å². The van der Waals surface area contributed by atoms with Crippen LogP contribution in [0.25, 0.3) is 0 Å². The number of halogens is 1. The zero-order valence-corrected chi connectivity index (χ0v) is 13.0. The molecule has 0 N–H and O–H groups in total. The first-order valence-corrected chi connectivity index (χ1v) is 8.17. The normalized spacial score (nSPS) is 10.3. The number of benzene rings is 2. The topological polar surface area (TPSA) is 0 Å². The Kier molecular flexibility index (Phi) is 5.42. The van der Waals surface area contributed by atoms with E-state index in [2.05, 4.69) is 52.3 Å². The fourth-order valence-corrected chi connectivity index (χ4v) is 3.01. The third kappa shape index (κ3) is 3.94. The van der Waals surface area contributed by atoms with Crippen molar-refractivity contribution in [3.05, 3.63) is 71.3 Å². The Balaban J connectivity index is 1.93. The Hall–Kier alpha value is -0.640. The van der Waals surface area contributed by atoms with Crippen molar-refractivity contribution < 1.29 is 0 Å². The predicted octanol–water partition coefficient (Wildman–Crippen LogP) is 5.19. The quantitative estimate of drug-likeness (QED) is 0.556. The van der Waals surface area contributed by atoms with E-state index in [9.17, 15) is 0 Å². The molecule has 2 aromatic rings. The van der Waals surface area contributed by atoms with Gasteiger partial charge in [-0.15, -0.1) is 11.8 Å². The minimum atomic E-state index is 0.906. The van der Waals surface area contributed by atoms with Crippen LogP contribution in [0.1, 0.15) is 16.7 Å². The van der Waals surface area contributed by atoms with Crippen LogP contribution in [0.4, 0.5) is 0 Å². The average molecular weight is 337 g/mol. The van der Waals surface area contributed by atoms with Crippen molar-refractivity contribution in [2.45, 2.75) is 11.1 Å². The largest absolute Gasteiger partial charge is 0.109 e. The van der Waals surface area contributed by atoms with Crippen molar-refractivity contribution in [1.82, 2.24) is 0 Å². The van der Waals surface area contributed by atoms with Crippen LogP contribution in [-0.2, 0) is 11.1 Å². The molecular weight excluding hydrogens is 324 g/mol. The summed E-state index contributed by atoms with van der Waals surface area (Å²) in [6.07, 6.45) is 0. The second kappa shape index (κ2) is 7.07. The highest BCUT2D eigenvalue weighted by atomic mass is 79.9. The summed E-state index contributed by atoms with van der Waals surface area (Å²) < 4.78 is 0.958. The molecule has 0 amide bonds.